The van der Waals surface area contributed by atoms with Gasteiger partial charge in [0.05, 0.1) is 6.54 Å². The van der Waals surface area contributed by atoms with E-state index in [1.54, 1.807) is 32.4 Å². The molecule has 2 rings (SSSR count). The third-order valence-electron chi connectivity index (χ3n) is 2.60. The van der Waals surface area contributed by atoms with Crippen LogP contribution in [-0.4, -0.2) is 29.5 Å². The maximum absolute atomic E-state index is 11.7. The Bertz CT molecular complexity index is 593. The lowest BCUT2D eigenvalue weighted by Gasteiger charge is -2.10. The lowest BCUT2D eigenvalue weighted by atomic mass is 10.1. The molecule has 0 aliphatic carbocycles. The fourth-order valence-electron chi connectivity index (χ4n) is 1.62. The van der Waals surface area contributed by atoms with Gasteiger partial charge in [-0.1, -0.05) is 12.1 Å². The van der Waals surface area contributed by atoms with E-state index in [2.05, 4.69) is 4.42 Å². The second-order valence-corrected chi connectivity index (χ2v) is 4.19. The molecule has 0 bridgehead atoms. The van der Waals surface area contributed by atoms with Crippen molar-refractivity contribution >= 4 is 5.91 Å². The molecule has 0 atom stereocenters. The van der Waals surface area contributed by atoms with Crippen LogP contribution in [0.5, 0.6) is 0 Å². The number of benzene rings is 1. The van der Waals surface area contributed by atoms with E-state index in [1.165, 1.54) is 15.7 Å². The molecule has 0 radical (unpaired) electrons. The van der Waals surface area contributed by atoms with Crippen LogP contribution >= 0.6 is 0 Å². The van der Waals surface area contributed by atoms with Gasteiger partial charge in [-0.25, -0.2) is 4.79 Å². The molecular weight excluding hydrogens is 232 g/mol. The predicted molar refractivity (Wildman–Crippen MR) is 66.5 cm³/mol. The molecule has 0 N–H and O–H groups in total. The third kappa shape index (κ3) is 2.51. The Morgan fingerprint density at radius 2 is 1.94 bits per heavy atom. The lowest BCUT2D eigenvalue weighted by Crippen LogP contribution is -2.21. The number of rotatable bonds is 3. The summed E-state index contributed by atoms with van der Waals surface area (Å²) in [6, 6.07) is 7.16. The van der Waals surface area contributed by atoms with Gasteiger partial charge >= 0.3 is 5.76 Å². The van der Waals surface area contributed by atoms with Crippen LogP contribution in [0.4, 0.5) is 0 Å². The van der Waals surface area contributed by atoms with Crippen LogP contribution in [0.25, 0.3) is 0 Å². The van der Waals surface area contributed by atoms with Crippen LogP contribution in [0.3, 0.4) is 0 Å². The molecule has 0 aliphatic rings. The largest absolute Gasteiger partial charge is 0.419 e. The first-order valence-electron chi connectivity index (χ1n) is 5.52. The molecule has 0 fully saturated rings. The highest BCUT2D eigenvalue weighted by molar-refractivity contribution is 5.93. The monoisotopic (exact) mass is 246 g/mol. The van der Waals surface area contributed by atoms with Crippen LogP contribution in [-0.2, 0) is 6.54 Å². The highest BCUT2D eigenvalue weighted by Gasteiger charge is 2.07. The summed E-state index contributed by atoms with van der Waals surface area (Å²) in [7, 11) is 3.42. The van der Waals surface area contributed by atoms with Gasteiger partial charge in [0.25, 0.3) is 5.91 Å². The van der Waals surface area contributed by atoms with Crippen LogP contribution in [0.2, 0.25) is 0 Å². The number of carbonyl (C=O) groups excluding carboxylic acids is 1. The molecule has 5 heteroatoms. The SMILES string of the molecule is CN(C)C(=O)c1ccc(Cn2ccoc2=O)cc1. The van der Waals surface area contributed by atoms with Crippen molar-refractivity contribution < 1.29 is 9.21 Å². The van der Waals surface area contributed by atoms with Gasteiger partial charge in [0.2, 0.25) is 0 Å². The van der Waals surface area contributed by atoms with Crippen LogP contribution < -0.4 is 5.76 Å². The number of oxazole rings is 1. The molecule has 0 aliphatic heterocycles. The van der Waals surface area contributed by atoms with Crippen molar-refractivity contribution in [2.24, 2.45) is 0 Å². The maximum atomic E-state index is 11.7. The number of carbonyl (C=O) groups is 1. The van der Waals surface area contributed by atoms with Gasteiger partial charge in [-0.05, 0) is 17.7 Å². The molecule has 0 unspecified atom stereocenters. The van der Waals surface area contributed by atoms with Crippen molar-refractivity contribution in [3.63, 3.8) is 0 Å². The second-order valence-electron chi connectivity index (χ2n) is 4.19. The zero-order valence-electron chi connectivity index (χ0n) is 10.3. The van der Waals surface area contributed by atoms with Gasteiger partial charge in [-0.2, -0.15) is 0 Å². The first kappa shape index (κ1) is 12.2. The number of hydrogen-bond donors (Lipinski definition) is 0. The number of nitrogens with zero attached hydrogens (tertiary/aromatic N) is 2. The van der Waals surface area contributed by atoms with E-state index in [4.69, 9.17) is 0 Å². The van der Waals surface area contributed by atoms with Crippen LogP contribution in [0.1, 0.15) is 15.9 Å². The van der Waals surface area contributed by atoms with Gasteiger partial charge in [0.1, 0.15) is 6.26 Å². The topological polar surface area (TPSA) is 55.5 Å². The summed E-state index contributed by atoms with van der Waals surface area (Å²) in [5.74, 6) is -0.425. The lowest BCUT2D eigenvalue weighted by molar-refractivity contribution is 0.0827. The molecule has 0 saturated heterocycles. The second kappa shape index (κ2) is 4.91. The van der Waals surface area contributed by atoms with Crippen molar-refractivity contribution in [2.75, 3.05) is 14.1 Å². The Kier molecular flexibility index (Phi) is 3.32. The molecule has 1 aromatic carbocycles. The first-order chi connectivity index (χ1) is 8.58. The molecule has 0 spiro atoms. The number of amides is 1. The van der Waals surface area contributed by atoms with E-state index < -0.39 is 0 Å². The van der Waals surface area contributed by atoms with Gasteiger partial charge in [0.15, 0.2) is 0 Å². The number of hydrogen-bond acceptors (Lipinski definition) is 3. The summed E-state index contributed by atoms with van der Waals surface area (Å²) in [5.41, 5.74) is 1.57. The Hall–Kier alpha value is -2.30. The summed E-state index contributed by atoms with van der Waals surface area (Å²) in [6.45, 7) is 0.436. The molecule has 5 nitrogen and oxygen atoms in total. The predicted octanol–water partition coefficient (Wildman–Crippen LogP) is 1.19. The zero-order chi connectivity index (χ0) is 13.1. The van der Waals surface area contributed by atoms with Crippen LogP contribution in [0.15, 0.2) is 45.9 Å². The van der Waals surface area contributed by atoms with E-state index in [0.717, 1.165) is 5.56 Å². The van der Waals surface area contributed by atoms with E-state index in [-0.39, 0.29) is 11.7 Å². The van der Waals surface area contributed by atoms with E-state index >= 15 is 0 Å². The summed E-state index contributed by atoms with van der Waals surface area (Å²) in [5, 5.41) is 0. The van der Waals surface area contributed by atoms with Gasteiger partial charge < -0.3 is 9.32 Å². The minimum absolute atomic E-state index is 0.0398. The number of aromatic nitrogens is 1. The Balaban J connectivity index is 2.16. The minimum Gasteiger partial charge on any atom is -0.416 e. The summed E-state index contributed by atoms with van der Waals surface area (Å²) < 4.78 is 6.14. The first-order valence-corrected chi connectivity index (χ1v) is 5.52. The van der Waals surface area contributed by atoms with E-state index in [1.807, 2.05) is 12.1 Å². The van der Waals surface area contributed by atoms with Crippen molar-refractivity contribution in [3.8, 4) is 0 Å². The molecule has 0 saturated carbocycles. The molecule has 94 valence electrons. The van der Waals surface area contributed by atoms with E-state index in [0.29, 0.717) is 12.1 Å². The van der Waals surface area contributed by atoms with Crippen LogP contribution in [0, 0.1) is 0 Å². The normalized spacial score (nSPS) is 10.3. The maximum Gasteiger partial charge on any atom is 0.419 e. The third-order valence-corrected chi connectivity index (χ3v) is 2.60. The van der Waals surface area contributed by atoms with Crippen molar-refractivity contribution in [1.29, 1.82) is 0 Å². The molecule has 1 aromatic heterocycles. The smallest absolute Gasteiger partial charge is 0.416 e. The van der Waals surface area contributed by atoms with Gasteiger partial charge in [-0.15, -0.1) is 0 Å². The molecular formula is C13H14N2O3. The summed E-state index contributed by atoms with van der Waals surface area (Å²) >= 11 is 0. The van der Waals surface area contributed by atoms with Crippen molar-refractivity contribution in [1.82, 2.24) is 9.47 Å². The fraction of sp³-hybridized carbons (Fsp3) is 0.231. The highest BCUT2D eigenvalue weighted by Crippen LogP contribution is 2.07. The van der Waals surface area contributed by atoms with Gasteiger partial charge in [-0.3, -0.25) is 9.36 Å². The van der Waals surface area contributed by atoms with Crippen molar-refractivity contribution in [2.45, 2.75) is 6.54 Å². The minimum atomic E-state index is -0.386. The zero-order valence-corrected chi connectivity index (χ0v) is 10.3. The quantitative estimate of drug-likeness (QED) is 0.817. The highest BCUT2D eigenvalue weighted by atomic mass is 16.4. The van der Waals surface area contributed by atoms with Crippen molar-refractivity contribution in [3.05, 3.63) is 58.4 Å². The molecule has 2 aromatic rings. The Morgan fingerprint density at radius 1 is 1.28 bits per heavy atom. The molecule has 18 heavy (non-hydrogen) atoms. The fourth-order valence-corrected chi connectivity index (χ4v) is 1.62. The van der Waals surface area contributed by atoms with Gasteiger partial charge in [0, 0.05) is 25.9 Å². The average molecular weight is 246 g/mol. The van der Waals surface area contributed by atoms with E-state index in [9.17, 15) is 9.59 Å². The molecule has 1 heterocycles. The standard InChI is InChI=1S/C13H14N2O3/c1-14(2)12(16)11-5-3-10(4-6-11)9-15-7-8-18-13(15)17/h3-8H,9H2,1-2H3. The summed E-state index contributed by atoms with van der Waals surface area (Å²) in [6.07, 6.45) is 2.94. The average Bonchev–Trinajstić information content (AvgIpc) is 2.75. The Morgan fingerprint density at radius 3 is 2.44 bits per heavy atom. The molecule has 1 amide bonds. The Labute approximate surface area is 104 Å². The summed E-state index contributed by atoms with van der Waals surface area (Å²) in [4.78, 5) is 24.4.